The molecule has 0 aliphatic rings. The SMILES string of the molecule is CCCn1nnnc1-c1cc(-c2cc(C(C)C)ccc2OC)c(O)cc1C. The lowest BCUT2D eigenvalue weighted by atomic mass is 9.93. The molecule has 142 valence electrons. The summed E-state index contributed by atoms with van der Waals surface area (Å²) in [6.45, 7) is 9.06. The maximum atomic E-state index is 10.7. The third-order valence-electron chi connectivity index (χ3n) is 4.73. The number of phenols is 1. The van der Waals surface area contributed by atoms with Gasteiger partial charge in [-0.15, -0.1) is 5.10 Å². The Kier molecular flexibility index (Phi) is 5.44. The number of aryl methyl sites for hydroxylation is 2. The molecule has 27 heavy (non-hydrogen) atoms. The second-order valence-corrected chi connectivity index (χ2v) is 7.02. The molecule has 6 heteroatoms. The number of ether oxygens (including phenoxy) is 1. The highest BCUT2D eigenvalue weighted by Crippen LogP contribution is 2.40. The molecule has 3 rings (SSSR count). The molecule has 0 saturated heterocycles. The van der Waals surface area contributed by atoms with Crippen LogP contribution in [0.1, 0.15) is 44.2 Å². The molecule has 0 amide bonds. The van der Waals surface area contributed by atoms with Gasteiger partial charge in [0.2, 0.25) is 0 Å². The van der Waals surface area contributed by atoms with Gasteiger partial charge in [-0.1, -0.05) is 26.8 Å². The zero-order valence-electron chi connectivity index (χ0n) is 16.5. The number of aromatic nitrogens is 4. The lowest BCUT2D eigenvalue weighted by molar-refractivity contribution is 0.415. The summed E-state index contributed by atoms with van der Waals surface area (Å²) < 4.78 is 7.35. The molecule has 3 aromatic rings. The van der Waals surface area contributed by atoms with Crippen LogP contribution in [0.4, 0.5) is 0 Å². The number of tetrazole rings is 1. The van der Waals surface area contributed by atoms with Crippen LogP contribution in [0.5, 0.6) is 11.5 Å². The average molecular weight is 366 g/mol. The third-order valence-corrected chi connectivity index (χ3v) is 4.73. The first-order chi connectivity index (χ1) is 13.0. The summed E-state index contributed by atoms with van der Waals surface area (Å²) in [6, 6.07) is 9.79. The van der Waals surface area contributed by atoms with Gasteiger partial charge in [-0.25, -0.2) is 4.68 Å². The second-order valence-electron chi connectivity index (χ2n) is 7.02. The van der Waals surface area contributed by atoms with Crippen molar-refractivity contribution in [3.05, 3.63) is 41.5 Å². The first kappa shape index (κ1) is 18.9. The average Bonchev–Trinajstić information content (AvgIpc) is 3.09. The molecule has 0 spiro atoms. The summed E-state index contributed by atoms with van der Waals surface area (Å²) >= 11 is 0. The van der Waals surface area contributed by atoms with Gasteiger partial charge in [0.05, 0.1) is 7.11 Å². The van der Waals surface area contributed by atoms with Gasteiger partial charge in [-0.3, -0.25) is 0 Å². The molecule has 1 N–H and O–H groups in total. The monoisotopic (exact) mass is 366 g/mol. The third kappa shape index (κ3) is 3.65. The van der Waals surface area contributed by atoms with Gasteiger partial charge in [0.15, 0.2) is 5.82 Å². The number of benzene rings is 2. The van der Waals surface area contributed by atoms with Gasteiger partial charge in [-0.2, -0.15) is 0 Å². The Bertz CT molecular complexity index is 947. The Labute approximate surface area is 159 Å². The van der Waals surface area contributed by atoms with E-state index in [4.69, 9.17) is 4.74 Å². The van der Waals surface area contributed by atoms with Crippen molar-refractivity contribution in [2.24, 2.45) is 0 Å². The summed E-state index contributed by atoms with van der Waals surface area (Å²) in [5.41, 5.74) is 4.57. The molecule has 1 heterocycles. The lowest BCUT2D eigenvalue weighted by Crippen LogP contribution is -2.03. The minimum Gasteiger partial charge on any atom is -0.507 e. The molecule has 0 saturated carbocycles. The fourth-order valence-corrected chi connectivity index (χ4v) is 3.20. The van der Waals surface area contributed by atoms with Gasteiger partial charge < -0.3 is 9.84 Å². The largest absolute Gasteiger partial charge is 0.507 e. The molecule has 0 aliphatic carbocycles. The van der Waals surface area contributed by atoms with E-state index in [0.29, 0.717) is 17.3 Å². The first-order valence-corrected chi connectivity index (χ1v) is 9.24. The topological polar surface area (TPSA) is 73.1 Å². The molecule has 6 nitrogen and oxygen atoms in total. The second kappa shape index (κ2) is 7.78. The predicted octanol–water partition coefficient (Wildman–Crippen LogP) is 4.56. The van der Waals surface area contributed by atoms with Gasteiger partial charge in [0.1, 0.15) is 11.5 Å². The summed E-state index contributed by atoms with van der Waals surface area (Å²) in [7, 11) is 1.64. The van der Waals surface area contributed by atoms with Crippen LogP contribution < -0.4 is 4.74 Å². The molecule has 0 bridgehead atoms. The van der Waals surface area contributed by atoms with Gasteiger partial charge in [0.25, 0.3) is 0 Å². The van der Waals surface area contributed by atoms with Crippen LogP contribution in [0.3, 0.4) is 0 Å². The van der Waals surface area contributed by atoms with E-state index in [1.807, 2.05) is 19.1 Å². The minimum absolute atomic E-state index is 0.213. The lowest BCUT2D eigenvalue weighted by Gasteiger charge is -2.16. The summed E-state index contributed by atoms with van der Waals surface area (Å²) in [6.07, 6.45) is 0.937. The highest BCUT2D eigenvalue weighted by Gasteiger charge is 2.18. The summed E-state index contributed by atoms with van der Waals surface area (Å²) in [4.78, 5) is 0. The van der Waals surface area contributed by atoms with E-state index in [2.05, 4.69) is 48.4 Å². The van der Waals surface area contributed by atoms with E-state index in [0.717, 1.165) is 35.4 Å². The van der Waals surface area contributed by atoms with Crippen LogP contribution in [-0.2, 0) is 6.54 Å². The highest BCUT2D eigenvalue weighted by atomic mass is 16.5. The quantitative estimate of drug-likeness (QED) is 0.692. The number of methoxy groups -OCH3 is 1. The van der Waals surface area contributed by atoms with Gasteiger partial charge >= 0.3 is 0 Å². The smallest absolute Gasteiger partial charge is 0.182 e. The minimum atomic E-state index is 0.213. The van der Waals surface area contributed by atoms with Crippen molar-refractivity contribution in [2.75, 3.05) is 7.11 Å². The normalized spacial score (nSPS) is 11.2. The molecule has 0 atom stereocenters. The molecule has 0 aliphatic heterocycles. The van der Waals surface area contributed by atoms with Gasteiger partial charge in [-0.05, 0) is 65.1 Å². The van der Waals surface area contributed by atoms with Crippen molar-refractivity contribution in [3.8, 4) is 34.0 Å². The molecule has 0 unspecified atom stereocenters. The van der Waals surface area contributed by atoms with Crippen molar-refractivity contribution >= 4 is 0 Å². The number of hydrogen-bond donors (Lipinski definition) is 1. The first-order valence-electron chi connectivity index (χ1n) is 9.24. The Balaban J connectivity index is 2.20. The zero-order valence-corrected chi connectivity index (χ0v) is 16.5. The summed E-state index contributed by atoms with van der Waals surface area (Å²) in [5.74, 6) is 2.01. The Morgan fingerprint density at radius 3 is 2.56 bits per heavy atom. The Morgan fingerprint density at radius 2 is 1.89 bits per heavy atom. The van der Waals surface area contributed by atoms with Crippen LogP contribution in [-0.4, -0.2) is 32.4 Å². The van der Waals surface area contributed by atoms with E-state index >= 15 is 0 Å². The highest BCUT2D eigenvalue weighted by molar-refractivity contribution is 5.81. The van der Waals surface area contributed by atoms with Crippen LogP contribution in [0, 0.1) is 6.92 Å². The fourth-order valence-electron chi connectivity index (χ4n) is 3.20. The van der Waals surface area contributed by atoms with Crippen molar-refractivity contribution in [3.63, 3.8) is 0 Å². The number of rotatable bonds is 6. The van der Waals surface area contributed by atoms with E-state index < -0.39 is 0 Å². The maximum Gasteiger partial charge on any atom is 0.182 e. The van der Waals surface area contributed by atoms with Crippen LogP contribution in [0.25, 0.3) is 22.5 Å². The van der Waals surface area contributed by atoms with Crippen LogP contribution in [0.2, 0.25) is 0 Å². The molecule has 1 aromatic heterocycles. The van der Waals surface area contributed by atoms with Crippen molar-refractivity contribution in [1.29, 1.82) is 0 Å². The molecular weight excluding hydrogens is 340 g/mol. The molecule has 0 fully saturated rings. The van der Waals surface area contributed by atoms with Crippen molar-refractivity contribution in [1.82, 2.24) is 20.2 Å². The van der Waals surface area contributed by atoms with Crippen molar-refractivity contribution < 1.29 is 9.84 Å². The standard InChI is InChI=1S/C21H26N4O2/c1-6-9-25-21(22-23-24-25)16-12-17(19(26)10-14(16)4)18-11-15(13(2)3)7-8-20(18)27-5/h7-8,10-13,26H,6,9H2,1-5H3. The number of hydrogen-bond acceptors (Lipinski definition) is 5. The van der Waals surface area contributed by atoms with Crippen LogP contribution >= 0.6 is 0 Å². The van der Waals surface area contributed by atoms with Gasteiger partial charge in [0, 0.05) is 23.2 Å². The molecule has 0 radical (unpaired) electrons. The Hall–Kier alpha value is -2.89. The predicted molar refractivity (Wildman–Crippen MR) is 106 cm³/mol. The molecular formula is C21H26N4O2. The van der Waals surface area contributed by atoms with E-state index in [1.165, 1.54) is 5.56 Å². The number of phenolic OH excluding ortho intramolecular Hbond substituents is 1. The molecule has 2 aromatic carbocycles. The summed E-state index contributed by atoms with van der Waals surface area (Å²) in [5, 5.41) is 22.8. The number of aromatic hydroxyl groups is 1. The fraction of sp³-hybridized carbons (Fsp3) is 0.381. The maximum absolute atomic E-state index is 10.7. The van der Waals surface area contributed by atoms with E-state index in [-0.39, 0.29) is 5.75 Å². The van der Waals surface area contributed by atoms with E-state index in [1.54, 1.807) is 17.9 Å². The van der Waals surface area contributed by atoms with E-state index in [9.17, 15) is 5.11 Å². The zero-order chi connectivity index (χ0) is 19.6. The Morgan fingerprint density at radius 1 is 1.11 bits per heavy atom. The number of nitrogens with zero attached hydrogens (tertiary/aromatic N) is 4. The van der Waals surface area contributed by atoms with Crippen LogP contribution in [0.15, 0.2) is 30.3 Å². The van der Waals surface area contributed by atoms with Crippen molar-refractivity contribution in [2.45, 2.75) is 46.6 Å².